The Hall–Kier alpha value is -3.17. The quantitative estimate of drug-likeness (QED) is 0.377. The predicted molar refractivity (Wildman–Crippen MR) is 125 cm³/mol. The maximum atomic E-state index is 12.3. The molecule has 9 heteroatoms. The molecule has 3 unspecified atom stereocenters. The highest BCUT2D eigenvalue weighted by atomic mass is 35.5. The number of aryl methyl sites for hydroxylation is 2. The number of ether oxygens (including phenoxy) is 1. The number of aromatic nitrogens is 2. The minimum atomic E-state index is -1.06. The fourth-order valence-corrected chi connectivity index (χ4v) is 4.31. The summed E-state index contributed by atoms with van der Waals surface area (Å²) in [6, 6.07) is 11.9. The van der Waals surface area contributed by atoms with Crippen LogP contribution in [0.15, 0.2) is 54.6 Å². The summed E-state index contributed by atoms with van der Waals surface area (Å²) in [6.45, 7) is 5.95. The van der Waals surface area contributed by atoms with Crippen molar-refractivity contribution in [1.29, 1.82) is 0 Å². The maximum absolute atomic E-state index is 12.3. The summed E-state index contributed by atoms with van der Waals surface area (Å²) in [5.41, 5.74) is 5.38. The van der Waals surface area contributed by atoms with E-state index >= 15 is 0 Å². The molecule has 172 valence electrons. The van der Waals surface area contributed by atoms with E-state index in [0.717, 1.165) is 28.2 Å². The second kappa shape index (κ2) is 9.36. The normalized spacial score (nSPS) is 18.4. The molecule has 0 spiro atoms. The zero-order chi connectivity index (χ0) is 23.7. The number of halogens is 1. The van der Waals surface area contributed by atoms with Gasteiger partial charge >= 0.3 is 6.09 Å². The van der Waals surface area contributed by atoms with E-state index in [1.54, 1.807) is 12.1 Å². The molecule has 1 heterocycles. The Morgan fingerprint density at radius 1 is 1.24 bits per heavy atom. The summed E-state index contributed by atoms with van der Waals surface area (Å²) >= 11 is 6.30. The van der Waals surface area contributed by atoms with Crippen LogP contribution in [0.1, 0.15) is 34.9 Å². The van der Waals surface area contributed by atoms with E-state index in [1.165, 1.54) is 12.1 Å². The Labute approximate surface area is 196 Å². The number of nitrogens with zero attached hydrogens (tertiary/aromatic N) is 2. The fraction of sp³-hybridized carbons (Fsp3) is 0.250. The molecule has 0 saturated carbocycles. The van der Waals surface area contributed by atoms with Gasteiger partial charge in [-0.05, 0) is 57.0 Å². The molecule has 1 amide bonds. The summed E-state index contributed by atoms with van der Waals surface area (Å²) in [4.78, 5) is 12.3. The van der Waals surface area contributed by atoms with Gasteiger partial charge < -0.3 is 9.94 Å². The van der Waals surface area contributed by atoms with Crippen molar-refractivity contribution >= 4 is 29.1 Å². The summed E-state index contributed by atoms with van der Waals surface area (Å²) < 4.78 is 7.43. The molecular formula is C24H25ClN4O4. The highest BCUT2D eigenvalue weighted by molar-refractivity contribution is 6.31. The number of quaternary nitrogens is 1. The first-order valence-corrected chi connectivity index (χ1v) is 10.9. The van der Waals surface area contributed by atoms with E-state index < -0.39 is 17.4 Å². The van der Waals surface area contributed by atoms with Crippen LogP contribution < -0.4 is 10.5 Å². The molecular weight excluding hydrogens is 444 g/mol. The number of rotatable bonds is 5. The average molecular weight is 469 g/mol. The van der Waals surface area contributed by atoms with Gasteiger partial charge in [-0.1, -0.05) is 29.8 Å². The zero-order valence-electron chi connectivity index (χ0n) is 18.5. The van der Waals surface area contributed by atoms with Gasteiger partial charge in [-0.3, -0.25) is 5.32 Å². The summed E-state index contributed by atoms with van der Waals surface area (Å²) in [7, 11) is 0. The molecule has 1 aliphatic rings. The largest absolute Gasteiger partial charge is 0.595 e. The van der Waals surface area contributed by atoms with Crippen LogP contribution in [0.5, 0.6) is 0 Å². The number of carbonyl (C=O) groups is 1. The predicted octanol–water partition coefficient (Wildman–Crippen LogP) is 4.52. The van der Waals surface area contributed by atoms with E-state index in [-0.39, 0.29) is 11.6 Å². The molecule has 0 bridgehead atoms. The summed E-state index contributed by atoms with van der Waals surface area (Å²) in [6.07, 6.45) is 3.48. The summed E-state index contributed by atoms with van der Waals surface area (Å²) in [5.74, 6) is 0.0628. The minimum Gasteiger partial charge on any atom is -0.595 e. The first-order chi connectivity index (χ1) is 15.7. The number of benzene rings is 2. The van der Waals surface area contributed by atoms with Crippen LogP contribution in [0.4, 0.5) is 16.2 Å². The van der Waals surface area contributed by atoms with Crippen LogP contribution in [-0.4, -0.2) is 27.2 Å². The van der Waals surface area contributed by atoms with Crippen LogP contribution in [0.2, 0.25) is 5.02 Å². The van der Waals surface area contributed by atoms with Gasteiger partial charge in [-0.25, -0.2) is 14.7 Å². The second-order valence-electron chi connectivity index (χ2n) is 8.11. The molecule has 3 atom stereocenters. The molecule has 0 aliphatic heterocycles. The van der Waals surface area contributed by atoms with Gasteiger partial charge in [0.25, 0.3) is 0 Å². The van der Waals surface area contributed by atoms with Gasteiger partial charge in [0.2, 0.25) is 0 Å². The molecule has 2 aromatic carbocycles. The van der Waals surface area contributed by atoms with Crippen molar-refractivity contribution in [2.24, 2.45) is 0 Å². The van der Waals surface area contributed by atoms with E-state index in [1.807, 2.05) is 55.8 Å². The third-order valence-electron chi connectivity index (χ3n) is 5.78. The lowest BCUT2D eigenvalue weighted by molar-refractivity contribution is -0.991. The lowest BCUT2D eigenvalue weighted by Crippen LogP contribution is -2.99. The smallest absolute Gasteiger partial charge is 0.412 e. The number of nitrogens with one attached hydrogen (secondary N) is 2. The monoisotopic (exact) mass is 468 g/mol. The van der Waals surface area contributed by atoms with Crippen molar-refractivity contribution < 1.29 is 20.0 Å². The Bertz CT molecular complexity index is 1220. The van der Waals surface area contributed by atoms with Crippen LogP contribution in [0.3, 0.4) is 0 Å². The lowest BCUT2D eigenvalue weighted by Gasteiger charge is -2.16. The van der Waals surface area contributed by atoms with Crippen molar-refractivity contribution in [1.82, 2.24) is 9.78 Å². The number of amides is 1. The van der Waals surface area contributed by atoms with Gasteiger partial charge in [0.1, 0.15) is 6.10 Å². The van der Waals surface area contributed by atoms with Gasteiger partial charge in [0.15, 0.2) is 5.69 Å². The topological polar surface area (TPSA) is 104 Å². The molecule has 4 rings (SSSR count). The van der Waals surface area contributed by atoms with E-state index in [2.05, 4.69) is 5.32 Å². The van der Waals surface area contributed by atoms with Gasteiger partial charge in [-0.15, -0.1) is 0 Å². The van der Waals surface area contributed by atoms with Crippen LogP contribution in [-0.2, 0) is 4.74 Å². The number of hydrogen-bond acceptors (Lipinski definition) is 5. The molecule has 0 radical (unpaired) electrons. The summed E-state index contributed by atoms with van der Waals surface area (Å²) in [5, 5.41) is 27.1. The molecule has 33 heavy (non-hydrogen) atoms. The Morgan fingerprint density at radius 2 is 2.03 bits per heavy atom. The SMILES string of the molecule is Cc1ccc(-n2nc(C)c(C3C=CC(OC(=O)Nc4cccc([NH+]([O-])O)c4)C3)c2C)cc1Cl. The van der Waals surface area contributed by atoms with E-state index in [4.69, 9.17) is 26.6 Å². The number of allylic oxidation sites excluding steroid dienone is 1. The lowest BCUT2D eigenvalue weighted by atomic mass is 9.96. The fourth-order valence-electron chi connectivity index (χ4n) is 4.14. The van der Waals surface area contributed by atoms with Crippen molar-refractivity contribution in [3.05, 3.63) is 87.4 Å². The van der Waals surface area contributed by atoms with Crippen molar-refractivity contribution in [2.45, 2.75) is 39.2 Å². The van der Waals surface area contributed by atoms with Crippen LogP contribution >= 0.6 is 11.6 Å². The first-order valence-electron chi connectivity index (χ1n) is 10.5. The average Bonchev–Trinajstić information content (AvgIpc) is 3.33. The molecule has 0 fully saturated rings. The third-order valence-corrected chi connectivity index (χ3v) is 6.18. The highest BCUT2D eigenvalue weighted by Crippen LogP contribution is 2.35. The number of carbonyl (C=O) groups excluding carboxylic acids is 1. The third kappa shape index (κ3) is 4.94. The molecule has 3 N–H and O–H groups in total. The number of hydrogen-bond donors (Lipinski definition) is 3. The zero-order valence-corrected chi connectivity index (χ0v) is 19.3. The van der Waals surface area contributed by atoms with Crippen molar-refractivity contribution in [3.8, 4) is 5.69 Å². The highest BCUT2D eigenvalue weighted by Gasteiger charge is 2.28. The van der Waals surface area contributed by atoms with Gasteiger partial charge in [0, 0.05) is 34.3 Å². The minimum absolute atomic E-state index is 0.0628. The molecule has 0 saturated heterocycles. The molecule has 1 aliphatic carbocycles. The Kier molecular flexibility index (Phi) is 6.53. The van der Waals surface area contributed by atoms with E-state index in [9.17, 15) is 10.0 Å². The molecule has 1 aromatic heterocycles. The first kappa shape index (κ1) is 23.0. The van der Waals surface area contributed by atoms with Crippen molar-refractivity contribution in [2.75, 3.05) is 5.32 Å². The van der Waals surface area contributed by atoms with Gasteiger partial charge in [-0.2, -0.15) is 10.3 Å². The second-order valence-corrected chi connectivity index (χ2v) is 8.52. The Morgan fingerprint density at radius 3 is 2.76 bits per heavy atom. The number of anilines is 1. The maximum Gasteiger partial charge on any atom is 0.412 e. The standard InChI is InChI=1S/C24H25ClN4O4/c1-14-7-9-19(13-22(14)25)28-16(3)23(15(2)27-28)17-8-10-21(11-17)33-24(30)26-18-5-4-6-20(12-18)29(31)32/h4-10,12-13,17,21,29,31H,11H2,1-3H3,(H,26,30). The van der Waals surface area contributed by atoms with E-state index in [0.29, 0.717) is 17.1 Å². The van der Waals surface area contributed by atoms with Gasteiger partial charge in [0.05, 0.1) is 17.1 Å². The van der Waals surface area contributed by atoms with Crippen LogP contribution in [0.25, 0.3) is 5.69 Å². The van der Waals surface area contributed by atoms with Crippen molar-refractivity contribution in [3.63, 3.8) is 0 Å². The Balaban J connectivity index is 1.43. The van der Waals surface area contributed by atoms with Crippen LogP contribution in [0, 0.1) is 26.0 Å². The molecule has 3 aromatic rings. The molecule has 8 nitrogen and oxygen atoms in total.